The van der Waals surface area contributed by atoms with Crippen molar-refractivity contribution in [3.63, 3.8) is 0 Å². The molecule has 0 saturated heterocycles. The van der Waals surface area contributed by atoms with E-state index in [4.69, 9.17) is 0 Å². The van der Waals surface area contributed by atoms with Gasteiger partial charge in [-0.25, -0.2) is 0 Å². The molecule has 0 saturated carbocycles. The highest BCUT2D eigenvalue weighted by atomic mass is 32.2. The largest absolute Gasteiger partial charge is 0.392 e. The van der Waals surface area contributed by atoms with Gasteiger partial charge >= 0.3 is 0 Å². The number of carbonyl (C=O) groups is 2. The van der Waals surface area contributed by atoms with Crippen LogP contribution in [-0.2, 0) is 13.2 Å². The number of aldehydes is 2. The van der Waals surface area contributed by atoms with E-state index in [1.54, 1.807) is 36.4 Å². The first-order valence-corrected chi connectivity index (χ1v) is 9.33. The predicted octanol–water partition coefficient (Wildman–Crippen LogP) is 3.18. The highest BCUT2D eigenvalue weighted by Crippen LogP contribution is 2.30. The third-order valence-corrected chi connectivity index (χ3v) is 6.07. The lowest BCUT2D eigenvalue weighted by atomic mass is 10.1. The Morgan fingerprint density at radius 1 is 0.750 bits per heavy atom. The number of rotatable bonds is 9. The smallest absolute Gasteiger partial charge is 0.151 e. The Labute approximate surface area is 149 Å². The standard InChI is InChI=1S/C18H18O4S2/c19-9-13-3-1-4-14(10-20)17(13)23-7-8-24-18-15(11-21)5-2-6-16(18)12-22/h1-6,9,11,20,22H,7-8,10,12H2. The van der Waals surface area contributed by atoms with Crippen LogP contribution in [0.1, 0.15) is 31.8 Å². The Bertz CT molecular complexity index is 655. The van der Waals surface area contributed by atoms with E-state index in [9.17, 15) is 19.8 Å². The summed E-state index contributed by atoms with van der Waals surface area (Å²) in [7, 11) is 0. The maximum Gasteiger partial charge on any atom is 0.151 e. The van der Waals surface area contributed by atoms with Crippen LogP contribution in [-0.4, -0.2) is 34.3 Å². The molecular formula is C18H18O4S2. The molecule has 6 heteroatoms. The van der Waals surface area contributed by atoms with Gasteiger partial charge in [-0.05, 0) is 11.1 Å². The Balaban J connectivity index is 2.04. The van der Waals surface area contributed by atoms with Crippen LogP contribution in [0.2, 0.25) is 0 Å². The molecule has 0 aliphatic carbocycles. The van der Waals surface area contributed by atoms with E-state index in [-0.39, 0.29) is 13.2 Å². The minimum atomic E-state index is -0.111. The zero-order valence-corrected chi connectivity index (χ0v) is 14.6. The Kier molecular flexibility index (Phi) is 7.52. The molecule has 0 unspecified atom stereocenters. The minimum Gasteiger partial charge on any atom is -0.392 e. The topological polar surface area (TPSA) is 74.6 Å². The minimum absolute atomic E-state index is 0.111. The average Bonchev–Trinajstić information content (AvgIpc) is 2.64. The van der Waals surface area contributed by atoms with Gasteiger partial charge in [-0.15, -0.1) is 23.5 Å². The van der Waals surface area contributed by atoms with Crippen LogP contribution in [0.4, 0.5) is 0 Å². The summed E-state index contributed by atoms with van der Waals surface area (Å²) in [4.78, 5) is 23.9. The molecule has 0 fully saturated rings. The molecule has 0 aliphatic heterocycles. The van der Waals surface area contributed by atoms with Crippen molar-refractivity contribution in [1.82, 2.24) is 0 Å². The van der Waals surface area contributed by atoms with E-state index < -0.39 is 0 Å². The number of thioether (sulfide) groups is 2. The third kappa shape index (κ3) is 4.48. The zero-order valence-electron chi connectivity index (χ0n) is 13.0. The maximum absolute atomic E-state index is 11.1. The van der Waals surface area contributed by atoms with E-state index in [0.29, 0.717) is 22.6 Å². The van der Waals surface area contributed by atoms with Crippen molar-refractivity contribution < 1.29 is 19.8 Å². The third-order valence-electron chi connectivity index (χ3n) is 3.42. The molecule has 0 heterocycles. The number of carbonyl (C=O) groups excluding carboxylic acids is 2. The second-order valence-corrected chi connectivity index (χ2v) is 7.13. The molecule has 0 aromatic heterocycles. The van der Waals surface area contributed by atoms with Crippen molar-refractivity contribution in [1.29, 1.82) is 0 Å². The lowest BCUT2D eigenvalue weighted by molar-refractivity contribution is 0.111. The molecule has 0 aliphatic rings. The molecule has 2 aromatic carbocycles. The van der Waals surface area contributed by atoms with Crippen LogP contribution in [0.25, 0.3) is 0 Å². The Morgan fingerprint density at radius 2 is 1.17 bits per heavy atom. The monoisotopic (exact) mass is 362 g/mol. The molecule has 0 radical (unpaired) electrons. The maximum atomic E-state index is 11.1. The highest BCUT2D eigenvalue weighted by molar-refractivity contribution is 8.03. The fourth-order valence-electron chi connectivity index (χ4n) is 2.28. The summed E-state index contributed by atoms with van der Waals surface area (Å²) in [5.41, 5.74) is 2.61. The summed E-state index contributed by atoms with van der Waals surface area (Å²) >= 11 is 3.01. The fraction of sp³-hybridized carbons (Fsp3) is 0.222. The van der Waals surface area contributed by atoms with Crippen molar-refractivity contribution in [2.75, 3.05) is 11.5 Å². The molecular weight excluding hydrogens is 344 g/mol. The van der Waals surface area contributed by atoms with Crippen LogP contribution in [0.3, 0.4) is 0 Å². The van der Waals surface area contributed by atoms with Gasteiger partial charge in [0, 0.05) is 32.4 Å². The van der Waals surface area contributed by atoms with Gasteiger partial charge in [0.15, 0.2) is 12.6 Å². The second kappa shape index (κ2) is 9.64. The Hall–Kier alpha value is -1.60. The normalized spacial score (nSPS) is 10.6. The fourth-order valence-corrected chi connectivity index (χ4v) is 4.56. The molecule has 0 amide bonds. The van der Waals surface area contributed by atoms with Crippen molar-refractivity contribution in [3.05, 3.63) is 58.7 Å². The van der Waals surface area contributed by atoms with Crippen molar-refractivity contribution in [2.45, 2.75) is 23.0 Å². The van der Waals surface area contributed by atoms with Crippen LogP contribution < -0.4 is 0 Å². The lowest BCUT2D eigenvalue weighted by Crippen LogP contribution is -1.97. The number of benzene rings is 2. The second-order valence-electron chi connectivity index (χ2n) is 4.92. The van der Waals surface area contributed by atoms with E-state index in [0.717, 1.165) is 33.5 Å². The van der Waals surface area contributed by atoms with Gasteiger partial charge in [0.1, 0.15) is 0 Å². The van der Waals surface area contributed by atoms with Crippen LogP contribution in [0.15, 0.2) is 46.2 Å². The highest BCUT2D eigenvalue weighted by Gasteiger charge is 2.10. The molecule has 2 N–H and O–H groups in total. The summed E-state index contributed by atoms with van der Waals surface area (Å²) < 4.78 is 0. The van der Waals surface area contributed by atoms with Crippen LogP contribution in [0, 0.1) is 0 Å². The van der Waals surface area contributed by atoms with E-state index >= 15 is 0 Å². The zero-order chi connectivity index (χ0) is 17.4. The molecule has 24 heavy (non-hydrogen) atoms. The molecule has 126 valence electrons. The van der Waals surface area contributed by atoms with Gasteiger partial charge in [0.25, 0.3) is 0 Å². The van der Waals surface area contributed by atoms with Crippen LogP contribution >= 0.6 is 23.5 Å². The molecule has 4 nitrogen and oxygen atoms in total. The van der Waals surface area contributed by atoms with Gasteiger partial charge < -0.3 is 10.2 Å². The van der Waals surface area contributed by atoms with Crippen molar-refractivity contribution >= 4 is 36.1 Å². The van der Waals surface area contributed by atoms with Crippen LogP contribution in [0.5, 0.6) is 0 Å². The molecule has 0 spiro atoms. The molecule has 2 aromatic rings. The molecule has 2 rings (SSSR count). The molecule has 0 bridgehead atoms. The van der Waals surface area contributed by atoms with Gasteiger partial charge in [0.05, 0.1) is 13.2 Å². The van der Waals surface area contributed by atoms with Gasteiger partial charge in [-0.3, -0.25) is 9.59 Å². The molecule has 0 atom stereocenters. The average molecular weight is 362 g/mol. The summed E-state index contributed by atoms with van der Waals surface area (Å²) in [5, 5.41) is 18.8. The predicted molar refractivity (Wildman–Crippen MR) is 97.0 cm³/mol. The van der Waals surface area contributed by atoms with E-state index in [1.807, 2.05) is 0 Å². The quantitative estimate of drug-likeness (QED) is 0.405. The first kappa shape index (κ1) is 18.7. The lowest BCUT2D eigenvalue weighted by Gasteiger charge is -2.11. The summed E-state index contributed by atoms with van der Waals surface area (Å²) in [6, 6.07) is 10.6. The van der Waals surface area contributed by atoms with Gasteiger partial charge in [-0.1, -0.05) is 36.4 Å². The first-order valence-electron chi connectivity index (χ1n) is 7.36. The SMILES string of the molecule is O=Cc1cccc(CO)c1SCCSc1c(C=O)cccc1CO. The summed E-state index contributed by atoms with van der Waals surface area (Å²) in [6.45, 7) is -0.223. The number of aliphatic hydroxyl groups is 2. The van der Waals surface area contributed by atoms with E-state index in [1.165, 1.54) is 23.5 Å². The first-order chi connectivity index (χ1) is 11.7. The Morgan fingerprint density at radius 3 is 1.50 bits per heavy atom. The number of hydrogen-bond donors (Lipinski definition) is 2. The summed E-state index contributed by atoms with van der Waals surface area (Å²) in [5.74, 6) is 1.42. The number of aliphatic hydroxyl groups excluding tert-OH is 2. The van der Waals surface area contributed by atoms with Gasteiger partial charge in [0.2, 0.25) is 0 Å². The van der Waals surface area contributed by atoms with Gasteiger partial charge in [-0.2, -0.15) is 0 Å². The summed E-state index contributed by atoms with van der Waals surface area (Å²) in [6.07, 6.45) is 1.58. The van der Waals surface area contributed by atoms with Crippen molar-refractivity contribution in [3.8, 4) is 0 Å². The van der Waals surface area contributed by atoms with E-state index in [2.05, 4.69) is 0 Å². The number of hydrogen-bond acceptors (Lipinski definition) is 6. The van der Waals surface area contributed by atoms with Crippen molar-refractivity contribution in [2.24, 2.45) is 0 Å².